The second-order valence-electron chi connectivity index (χ2n) is 4.59. The predicted molar refractivity (Wildman–Crippen MR) is 64.2 cm³/mol. The van der Waals surface area contributed by atoms with Crippen LogP contribution in [0.3, 0.4) is 0 Å². The molecule has 1 aliphatic rings. The lowest BCUT2D eigenvalue weighted by molar-refractivity contribution is 0.132. The second-order valence-corrected chi connectivity index (χ2v) is 4.59. The van der Waals surface area contributed by atoms with Crippen LogP contribution in [0.1, 0.15) is 26.2 Å². The molecule has 1 N–H and O–H groups in total. The van der Waals surface area contributed by atoms with Crippen LogP contribution in [-0.4, -0.2) is 51.3 Å². The van der Waals surface area contributed by atoms with Crippen molar-refractivity contribution in [1.29, 1.82) is 0 Å². The minimum absolute atomic E-state index is 0.852. The first-order valence-electron chi connectivity index (χ1n) is 6.30. The van der Waals surface area contributed by atoms with Gasteiger partial charge in [-0.25, -0.2) is 0 Å². The number of nitrogens with zero attached hydrogens (tertiary/aromatic N) is 1. The highest BCUT2D eigenvalue weighted by atomic mass is 16.5. The summed E-state index contributed by atoms with van der Waals surface area (Å²) in [5, 5.41) is 3.47. The topological polar surface area (TPSA) is 24.5 Å². The monoisotopic (exact) mass is 214 g/mol. The van der Waals surface area contributed by atoms with Crippen LogP contribution in [0.5, 0.6) is 0 Å². The Morgan fingerprint density at radius 1 is 1.40 bits per heavy atom. The average Bonchev–Trinajstić information content (AvgIpc) is 2.63. The lowest BCUT2D eigenvalue weighted by Crippen LogP contribution is -2.27. The van der Waals surface area contributed by atoms with Gasteiger partial charge in [-0.05, 0) is 38.9 Å². The molecule has 0 aromatic heterocycles. The Balaban J connectivity index is 1.81. The molecule has 0 bridgehead atoms. The molecule has 0 spiro atoms. The molecule has 90 valence electrons. The van der Waals surface area contributed by atoms with E-state index in [0.717, 1.165) is 32.2 Å². The fraction of sp³-hybridized carbons (Fsp3) is 1.00. The van der Waals surface area contributed by atoms with E-state index >= 15 is 0 Å². The van der Waals surface area contributed by atoms with Crippen LogP contribution in [0.25, 0.3) is 0 Å². The predicted octanol–water partition coefficient (Wildman–Crippen LogP) is 1.34. The van der Waals surface area contributed by atoms with Gasteiger partial charge in [0.25, 0.3) is 0 Å². The van der Waals surface area contributed by atoms with E-state index in [-0.39, 0.29) is 0 Å². The minimum Gasteiger partial charge on any atom is -0.380 e. The second kappa shape index (κ2) is 8.08. The fourth-order valence-electron chi connectivity index (χ4n) is 1.99. The SMILES string of the molecule is CCCCOCCNCC1CCN(C)C1. The molecule has 0 aromatic carbocycles. The van der Waals surface area contributed by atoms with Gasteiger partial charge in [0.15, 0.2) is 0 Å². The van der Waals surface area contributed by atoms with Crippen molar-refractivity contribution < 1.29 is 4.74 Å². The first kappa shape index (κ1) is 12.9. The fourth-order valence-corrected chi connectivity index (χ4v) is 1.99. The molecule has 3 nitrogen and oxygen atoms in total. The zero-order valence-corrected chi connectivity index (χ0v) is 10.3. The Hall–Kier alpha value is -0.120. The van der Waals surface area contributed by atoms with E-state index in [2.05, 4.69) is 24.2 Å². The normalized spacial score (nSPS) is 22.4. The zero-order chi connectivity index (χ0) is 10.9. The molecular formula is C12H26N2O. The highest BCUT2D eigenvalue weighted by Crippen LogP contribution is 2.12. The van der Waals surface area contributed by atoms with Gasteiger partial charge in [0.2, 0.25) is 0 Å². The average molecular weight is 214 g/mol. The molecule has 0 saturated carbocycles. The lowest BCUT2D eigenvalue weighted by Gasteiger charge is -2.11. The third kappa shape index (κ3) is 6.13. The molecule has 1 rings (SSSR count). The van der Waals surface area contributed by atoms with Crippen LogP contribution in [-0.2, 0) is 4.74 Å². The van der Waals surface area contributed by atoms with Crippen LogP contribution in [0.15, 0.2) is 0 Å². The molecule has 1 heterocycles. The van der Waals surface area contributed by atoms with Crippen LogP contribution < -0.4 is 5.32 Å². The molecule has 0 amide bonds. The summed E-state index contributed by atoms with van der Waals surface area (Å²) in [4.78, 5) is 2.41. The summed E-state index contributed by atoms with van der Waals surface area (Å²) < 4.78 is 5.49. The van der Waals surface area contributed by atoms with Crippen molar-refractivity contribution in [1.82, 2.24) is 10.2 Å². The first-order chi connectivity index (χ1) is 7.33. The van der Waals surface area contributed by atoms with Crippen LogP contribution in [0.2, 0.25) is 0 Å². The molecule has 0 radical (unpaired) electrons. The maximum absolute atomic E-state index is 5.49. The van der Waals surface area contributed by atoms with Crippen LogP contribution >= 0.6 is 0 Å². The quantitative estimate of drug-likeness (QED) is 0.617. The number of unbranched alkanes of at least 4 members (excludes halogenated alkanes) is 1. The highest BCUT2D eigenvalue weighted by molar-refractivity contribution is 4.74. The smallest absolute Gasteiger partial charge is 0.0590 e. The summed E-state index contributed by atoms with van der Waals surface area (Å²) in [7, 11) is 2.20. The van der Waals surface area contributed by atoms with E-state index in [0.29, 0.717) is 0 Å². The minimum atomic E-state index is 0.852. The molecular weight excluding hydrogens is 188 g/mol. The van der Waals surface area contributed by atoms with Crippen molar-refractivity contribution in [2.45, 2.75) is 26.2 Å². The van der Waals surface area contributed by atoms with E-state index in [9.17, 15) is 0 Å². The molecule has 15 heavy (non-hydrogen) atoms. The number of ether oxygens (including phenoxy) is 1. The van der Waals surface area contributed by atoms with E-state index in [4.69, 9.17) is 4.74 Å². The van der Waals surface area contributed by atoms with Gasteiger partial charge in [-0.15, -0.1) is 0 Å². The standard InChI is InChI=1S/C12H26N2O/c1-3-4-8-15-9-6-13-10-12-5-7-14(2)11-12/h12-13H,3-11H2,1-2H3. The van der Waals surface area contributed by atoms with Gasteiger partial charge in [-0.2, -0.15) is 0 Å². The summed E-state index contributed by atoms with van der Waals surface area (Å²) >= 11 is 0. The highest BCUT2D eigenvalue weighted by Gasteiger charge is 2.18. The van der Waals surface area contributed by atoms with Crippen molar-refractivity contribution in [3.05, 3.63) is 0 Å². The molecule has 3 heteroatoms. The molecule has 1 unspecified atom stereocenters. The molecule has 0 aromatic rings. The maximum Gasteiger partial charge on any atom is 0.0590 e. The zero-order valence-electron chi connectivity index (χ0n) is 10.3. The Morgan fingerprint density at radius 3 is 2.93 bits per heavy atom. The number of rotatable bonds is 8. The van der Waals surface area contributed by atoms with Gasteiger partial charge in [-0.3, -0.25) is 0 Å². The lowest BCUT2D eigenvalue weighted by atomic mass is 10.1. The Bertz CT molecular complexity index is 153. The van der Waals surface area contributed by atoms with E-state index in [1.807, 2.05) is 0 Å². The van der Waals surface area contributed by atoms with E-state index in [1.54, 1.807) is 0 Å². The van der Waals surface area contributed by atoms with Gasteiger partial charge in [0.05, 0.1) is 6.61 Å². The Kier molecular flexibility index (Phi) is 6.98. The number of nitrogens with one attached hydrogen (secondary N) is 1. The summed E-state index contributed by atoms with van der Waals surface area (Å²) in [6, 6.07) is 0. The van der Waals surface area contributed by atoms with Gasteiger partial charge in [0, 0.05) is 19.7 Å². The largest absolute Gasteiger partial charge is 0.380 e. The molecule has 1 atom stereocenters. The van der Waals surface area contributed by atoms with Crippen molar-refractivity contribution in [2.24, 2.45) is 5.92 Å². The van der Waals surface area contributed by atoms with Crippen molar-refractivity contribution in [3.8, 4) is 0 Å². The summed E-state index contributed by atoms with van der Waals surface area (Å²) in [6.07, 6.45) is 3.76. The number of likely N-dealkylation sites (tertiary alicyclic amines) is 1. The van der Waals surface area contributed by atoms with E-state index < -0.39 is 0 Å². The summed E-state index contributed by atoms with van der Waals surface area (Å²) in [5.41, 5.74) is 0. The van der Waals surface area contributed by atoms with Gasteiger partial charge >= 0.3 is 0 Å². The first-order valence-corrected chi connectivity index (χ1v) is 6.30. The van der Waals surface area contributed by atoms with Crippen molar-refractivity contribution >= 4 is 0 Å². The number of hydrogen-bond donors (Lipinski definition) is 1. The number of hydrogen-bond acceptors (Lipinski definition) is 3. The maximum atomic E-state index is 5.49. The third-order valence-corrected chi connectivity index (χ3v) is 2.99. The molecule has 1 saturated heterocycles. The third-order valence-electron chi connectivity index (χ3n) is 2.99. The summed E-state index contributed by atoms with van der Waals surface area (Å²) in [6.45, 7) is 8.65. The Labute approximate surface area is 94.2 Å². The van der Waals surface area contributed by atoms with E-state index in [1.165, 1.54) is 32.4 Å². The molecule has 1 fully saturated rings. The Morgan fingerprint density at radius 2 is 2.27 bits per heavy atom. The summed E-state index contributed by atoms with van der Waals surface area (Å²) in [5.74, 6) is 0.852. The van der Waals surface area contributed by atoms with Gasteiger partial charge in [0.1, 0.15) is 0 Å². The molecule has 0 aliphatic carbocycles. The van der Waals surface area contributed by atoms with Crippen molar-refractivity contribution in [3.63, 3.8) is 0 Å². The van der Waals surface area contributed by atoms with Gasteiger partial charge in [-0.1, -0.05) is 13.3 Å². The van der Waals surface area contributed by atoms with Crippen molar-refractivity contribution in [2.75, 3.05) is 46.4 Å². The van der Waals surface area contributed by atoms with Gasteiger partial charge < -0.3 is 15.0 Å². The van der Waals surface area contributed by atoms with Crippen LogP contribution in [0, 0.1) is 5.92 Å². The molecule has 1 aliphatic heterocycles. The van der Waals surface area contributed by atoms with Crippen LogP contribution in [0.4, 0.5) is 0 Å².